The molecule has 3 amide bonds. The molecule has 2 atom stereocenters. The average Bonchev–Trinajstić information content (AvgIpc) is 3.12. The van der Waals surface area contributed by atoms with Gasteiger partial charge in [0.05, 0.1) is 5.71 Å². The van der Waals surface area contributed by atoms with Crippen LogP contribution in [-0.2, 0) is 22.4 Å². The zero-order chi connectivity index (χ0) is 28.4. The zero-order valence-electron chi connectivity index (χ0n) is 20.4. The van der Waals surface area contributed by atoms with Crippen LogP contribution in [0, 0.1) is 11.2 Å². The monoisotopic (exact) mass is 613 g/mol. The number of hydrazone groups is 1. The maximum absolute atomic E-state index is 13.7. The number of benzene rings is 1. The standard InChI is InChI=1S/C25H24BrF4N5O4/c26-18-6-5-16(27)11-15(18)4-7-19(32-23(38)39)21(36)34-10-8-20-24(13-34,12-17-3-1-2-9-31-17)22(37)35(33-20)14-25(28,29)30/h1-3,5-6,9,11,19,32H,4,7-8,10,12-14H2,(H,38,39). The topological polar surface area (TPSA) is 115 Å². The van der Waals surface area contributed by atoms with Gasteiger partial charge in [-0.2, -0.15) is 18.3 Å². The highest BCUT2D eigenvalue weighted by Gasteiger charge is 2.56. The number of aryl methyl sites for hydroxylation is 1. The molecule has 2 aliphatic heterocycles. The first-order chi connectivity index (χ1) is 18.4. The van der Waals surface area contributed by atoms with Crippen LogP contribution in [-0.4, -0.2) is 75.5 Å². The molecule has 2 aromatic rings. The smallest absolute Gasteiger partial charge is 0.408 e. The van der Waals surface area contributed by atoms with Crippen LogP contribution in [0.5, 0.6) is 0 Å². The highest BCUT2D eigenvalue weighted by molar-refractivity contribution is 9.10. The van der Waals surface area contributed by atoms with E-state index in [0.29, 0.717) is 20.7 Å². The second-order valence-corrected chi connectivity index (χ2v) is 10.2. The molecule has 4 rings (SSSR count). The predicted molar refractivity (Wildman–Crippen MR) is 134 cm³/mol. The minimum atomic E-state index is -4.68. The number of likely N-dealkylation sites (tertiary alicyclic amines) is 1. The average molecular weight is 614 g/mol. The number of carbonyl (C=O) groups is 3. The number of nitrogens with one attached hydrogen (secondary N) is 1. The summed E-state index contributed by atoms with van der Waals surface area (Å²) in [5, 5.41) is 15.9. The third-order valence-corrected chi connectivity index (χ3v) is 7.45. The Morgan fingerprint density at radius 2 is 2.00 bits per heavy atom. The number of carboxylic acid groups (broad SMARTS) is 1. The van der Waals surface area contributed by atoms with Gasteiger partial charge >= 0.3 is 12.3 Å². The number of hydrogen-bond donors (Lipinski definition) is 2. The van der Waals surface area contributed by atoms with Crippen LogP contribution in [0.3, 0.4) is 0 Å². The Morgan fingerprint density at radius 1 is 1.23 bits per heavy atom. The lowest BCUT2D eigenvalue weighted by Crippen LogP contribution is -2.59. The van der Waals surface area contributed by atoms with Gasteiger partial charge in [0.15, 0.2) is 0 Å². The molecule has 0 spiro atoms. The Hall–Kier alpha value is -3.55. The largest absolute Gasteiger partial charge is 0.465 e. The number of rotatable bonds is 8. The quantitative estimate of drug-likeness (QED) is 0.440. The molecule has 0 radical (unpaired) electrons. The van der Waals surface area contributed by atoms with Crippen molar-refractivity contribution in [1.82, 2.24) is 20.2 Å². The molecule has 0 saturated carbocycles. The molecular weight excluding hydrogens is 590 g/mol. The van der Waals surface area contributed by atoms with Crippen molar-refractivity contribution in [3.63, 3.8) is 0 Å². The van der Waals surface area contributed by atoms with E-state index in [1.54, 1.807) is 18.2 Å². The number of amides is 3. The maximum atomic E-state index is 13.7. The van der Waals surface area contributed by atoms with Gasteiger partial charge < -0.3 is 15.3 Å². The van der Waals surface area contributed by atoms with E-state index in [1.807, 2.05) is 0 Å². The normalized spacial score (nSPS) is 19.9. The second kappa shape index (κ2) is 11.3. The minimum Gasteiger partial charge on any atom is -0.465 e. The molecule has 1 aromatic heterocycles. The lowest BCUT2D eigenvalue weighted by molar-refractivity contribution is -0.164. The van der Waals surface area contributed by atoms with Gasteiger partial charge in [-0.05, 0) is 48.7 Å². The first kappa shape index (κ1) is 28.5. The lowest BCUT2D eigenvalue weighted by Gasteiger charge is -2.40. The number of alkyl halides is 3. The summed E-state index contributed by atoms with van der Waals surface area (Å²) in [6.07, 6.45) is -4.60. The molecule has 208 valence electrons. The summed E-state index contributed by atoms with van der Waals surface area (Å²) < 4.78 is 53.9. The van der Waals surface area contributed by atoms with Crippen molar-refractivity contribution < 1.29 is 37.1 Å². The summed E-state index contributed by atoms with van der Waals surface area (Å²) in [7, 11) is 0. The molecule has 3 heterocycles. The first-order valence-corrected chi connectivity index (χ1v) is 12.8. The predicted octanol–water partition coefficient (Wildman–Crippen LogP) is 3.77. The van der Waals surface area contributed by atoms with E-state index in [2.05, 4.69) is 31.3 Å². The molecule has 1 aromatic carbocycles. The van der Waals surface area contributed by atoms with E-state index in [4.69, 9.17) is 0 Å². The van der Waals surface area contributed by atoms with Crippen molar-refractivity contribution >= 4 is 39.5 Å². The van der Waals surface area contributed by atoms with Crippen molar-refractivity contribution in [2.24, 2.45) is 10.5 Å². The summed E-state index contributed by atoms with van der Waals surface area (Å²) in [4.78, 5) is 44.0. The number of aromatic nitrogens is 1. The Balaban J connectivity index is 1.60. The first-order valence-electron chi connectivity index (χ1n) is 12.0. The summed E-state index contributed by atoms with van der Waals surface area (Å²) in [6, 6.07) is 7.72. The molecule has 2 aliphatic rings. The van der Waals surface area contributed by atoms with E-state index in [-0.39, 0.29) is 44.5 Å². The summed E-state index contributed by atoms with van der Waals surface area (Å²) in [5.74, 6) is -2.04. The molecule has 2 unspecified atom stereocenters. The number of piperidine rings is 1. The molecule has 9 nitrogen and oxygen atoms in total. The van der Waals surface area contributed by atoms with Crippen LogP contribution in [0.25, 0.3) is 0 Å². The van der Waals surface area contributed by atoms with Gasteiger partial charge in [-0.1, -0.05) is 22.0 Å². The molecule has 0 bridgehead atoms. The van der Waals surface area contributed by atoms with Gasteiger partial charge in [-0.15, -0.1) is 0 Å². The SMILES string of the molecule is O=C(O)NC(CCc1cc(F)ccc1Br)C(=O)N1CCC2=NN(CC(F)(F)F)C(=O)C2(Cc2ccccn2)C1. The summed E-state index contributed by atoms with van der Waals surface area (Å²) in [5.41, 5.74) is -0.406. The van der Waals surface area contributed by atoms with E-state index in [9.17, 15) is 37.1 Å². The fourth-order valence-electron chi connectivity index (χ4n) is 4.92. The fraction of sp³-hybridized carbons (Fsp3) is 0.400. The molecule has 0 aliphatic carbocycles. The van der Waals surface area contributed by atoms with Crippen LogP contribution in [0.2, 0.25) is 0 Å². The third-order valence-electron chi connectivity index (χ3n) is 6.67. The summed E-state index contributed by atoms with van der Waals surface area (Å²) >= 11 is 3.31. The van der Waals surface area contributed by atoms with Gasteiger partial charge in [-0.3, -0.25) is 14.6 Å². The van der Waals surface area contributed by atoms with Crippen molar-refractivity contribution in [2.45, 2.75) is 37.9 Å². The summed E-state index contributed by atoms with van der Waals surface area (Å²) in [6.45, 7) is -1.84. The van der Waals surface area contributed by atoms with Crippen molar-refractivity contribution in [3.05, 3.63) is 64.1 Å². The minimum absolute atomic E-state index is 0.0217. The molecule has 14 heteroatoms. The highest BCUT2D eigenvalue weighted by atomic mass is 79.9. The Bertz CT molecular complexity index is 1290. The van der Waals surface area contributed by atoms with E-state index >= 15 is 0 Å². The van der Waals surface area contributed by atoms with Crippen LogP contribution < -0.4 is 5.32 Å². The molecule has 1 fully saturated rings. The van der Waals surface area contributed by atoms with Gasteiger partial charge in [-0.25, -0.2) is 14.2 Å². The van der Waals surface area contributed by atoms with Crippen LogP contribution in [0.1, 0.15) is 24.1 Å². The van der Waals surface area contributed by atoms with Crippen molar-refractivity contribution in [1.29, 1.82) is 0 Å². The molecular formula is C25H24BrF4N5O4. The van der Waals surface area contributed by atoms with Crippen molar-refractivity contribution in [3.8, 4) is 0 Å². The number of halogens is 5. The third kappa shape index (κ3) is 6.54. The van der Waals surface area contributed by atoms with E-state index < -0.39 is 47.9 Å². The highest BCUT2D eigenvalue weighted by Crippen LogP contribution is 2.39. The molecule has 39 heavy (non-hydrogen) atoms. The van der Waals surface area contributed by atoms with Gasteiger partial charge in [0.2, 0.25) is 5.91 Å². The second-order valence-electron chi connectivity index (χ2n) is 9.39. The number of carbonyl (C=O) groups excluding carboxylic acids is 2. The Kier molecular flexibility index (Phi) is 8.23. The van der Waals surface area contributed by atoms with Crippen LogP contribution >= 0.6 is 15.9 Å². The molecule has 2 N–H and O–H groups in total. The number of nitrogens with zero attached hydrogens (tertiary/aromatic N) is 4. The number of pyridine rings is 1. The van der Waals surface area contributed by atoms with E-state index in [0.717, 1.165) is 0 Å². The van der Waals surface area contributed by atoms with Gasteiger partial charge in [0.25, 0.3) is 5.91 Å². The number of hydrogen-bond acceptors (Lipinski definition) is 5. The molecule has 1 saturated heterocycles. The Morgan fingerprint density at radius 3 is 2.67 bits per heavy atom. The van der Waals surface area contributed by atoms with Crippen molar-refractivity contribution in [2.75, 3.05) is 19.6 Å². The maximum Gasteiger partial charge on any atom is 0.408 e. The van der Waals surface area contributed by atoms with Gasteiger partial charge in [0, 0.05) is 42.3 Å². The van der Waals surface area contributed by atoms with Crippen LogP contribution in [0.4, 0.5) is 22.4 Å². The van der Waals surface area contributed by atoms with Gasteiger partial charge in [0.1, 0.15) is 23.8 Å². The fourth-order valence-corrected chi connectivity index (χ4v) is 5.37. The van der Waals surface area contributed by atoms with Crippen LogP contribution in [0.15, 0.2) is 52.2 Å². The lowest BCUT2D eigenvalue weighted by atomic mass is 9.74. The van der Waals surface area contributed by atoms with E-state index in [1.165, 1.54) is 29.3 Å². The zero-order valence-corrected chi connectivity index (χ0v) is 22.0. The number of fused-ring (bicyclic) bond motifs is 1. The Labute approximate surface area is 229 Å².